The van der Waals surface area contributed by atoms with Gasteiger partial charge in [-0.25, -0.2) is 4.68 Å². The number of hydrogen-bond acceptors (Lipinski definition) is 5. The van der Waals surface area contributed by atoms with Gasteiger partial charge < -0.3 is 9.64 Å². The Morgan fingerprint density at radius 1 is 1.21 bits per heavy atom. The van der Waals surface area contributed by atoms with Crippen molar-refractivity contribution < 1.29 is 14.3 Å². The maximum atomic E-state index is 13.4. The lowest BCUT2D eigenvalue weighted by molar-refractivity contribution is -0.149. The number of para-hydroxylation sites is 1. The van der Waals surface area contributed by atoms with Gasteiger partial charge in [-0.3, -0.25) is 9.59 Å². The first-order valence-electron chi connectivity index (χ1n) is 9.82. The minimum Gasteiger partial charge on any atom is -0.466 e. The molecular weight excluding hydrogens is 386 g/mol. The third-order valence-corrected chi connectivity index (χ3v) is 5.92. The quantitative estimate of drug-likeness (QED) is 0.597. The van der Waals surface area contributed by atoms with Gasteiger partial charge in [-0.05, 0) is 49.4 Å². The van der Waals surface area contributed by atoms with E-state index in [0.717, 1.165) is 29.1 Å². The molecule has 0 spiro atoms. The van der Waals surface area contributed by atoms with Crippen LogP contribution in [0, 0.1) is 5.92 Å². The van der Waals surface area contributed by atoms with E-state index in [2.05, 4.69) is 0 Å². The minimum absolute atomic E-state index is 0.113. The number of amides is 1. The van der Waals surface area contributed by atoms with Crippen molar-refractivity contribution in [3.8, 4) is 16.3 Å². The molecule has 3 heterocycles. The zero-order valence-corrected chi connectivity index (χ0v) is 17.1. The van der Waals surface area contributed by atoms with E-state index in [9.17, 15) is 9.59 Å². The number of carbonyl (C=O) groups excluding carboxylic acids is 2. The molecule has 2 aromatic heterocycles. The molecule has 1 saturated heterocycles. The van der Waals surface area contributed by atoms with Crippen molar-refractivity contribution in [1.29, 1.82) is 0 Å². The van der Waals surface area contributed by atoms with E-state index in [4.69, 9.17) is 9.84 Å². The molecule has 1 atom stereocenters. The maximum absolute atomic E-state index is 13.4. The molecule has 1 aromatic carbocycles. The first kappa shape index (κ1) is 19.4. The standard InChI is InChI=1S/C22H23N3O3S/c1-2-28-22(27)16-8-6-12-24(15-16)21(26)19-14-18(20-11-7-13-29-20)23-25(19)17-9-4-3-5-10-17/h3-5,7,9-11,13-14,16H,2,6,8,12,15H2,1H3/t16-/m1/s1. The Morgan fingerprint density at radius 2 is 2.03 bits per heavy atom. The number of nitrogens with zero attached hydrogens (tertiary/aromatic N) is 3. The van der Waals surface area contributed by atoms with E-state index >= 15 is 0 Å². The molecular formula is C22H23N3O3S. The highest BCUT2D eigenvalue weighted by Crippen LogP contribution is 2.27. The van der Waals surface area contributed by atoms with Gasteiger partial charge in [-0.15, -0.1) is 11.3 Å². The topological polar surface area (TPSA) is 64.4 Å². The van der Waals surface area contributed by atoms with Crippen LogP contribution in [0.3, 0.4) is 0 Å². The molecule has 29 heavy (non-hydrogen) atoms. The van der Waals surface area contributed by atoms with Gasteiger partial charge in [-0.1, -0.05) is 24.3 Å². The smallest absolute Gasteiger partial charge is 0.310 e. The molecule has 0 bridgehead atoms. The van der Waals surface area contributed by atoms with Gasteiger partial charge in [0.15, 0.2) is 0 Å². The summed E-state index contributed by atoms with van der Waals surface area (Å²) in [5, 5.41) is 6.70. The van der Waals surface area contributed by atoms with Crippen molar-refractivity contribution in [3.05, 3.63) is 59.6 Å². The molecule has 0 aliphatic carbocycles. The van der Waals surface area contributed by atoms with Gasteiger partial charge in [0.05, 0.1) is 23.1 Å². The van der Waals surface area contributed by atoms with Crippen LogP contribution in [0.4, 0.5) is 0 Å². The summed E-state index contributed by atoms with van der Waals surface area (Å²) in [5.74, 6) is -0.600. The molecule has 6 nitrogen and oxygen atoms in total. The number of esters is 1. The normalized spacial score (nSPS) is 16.6. The maximum Gasteiger partial charge on any atom is 0.310 e. The number of likely N-dealkylation sites (tertiary alicyclic amines) is 1. The minimum atomic E-state index is -0.266. The molecule has 0 radical (unpaired) electrons. The second-order valence-corrected chi connectivity index (χ2v) is 7.93. The summed E-state index contributed by atoms with van der Waals surface area (Å²) >= 11 is 1.59. The van der Waals surface area contributed by atoms with Crippen LogP contribution in [0.2, 0.25) is 0 Å². The lowest BCUT2D eigenvalue weighted by Crippen LogP contribution is -2.43. The predicted molar refractivity (Wildman–Crippen MR) is 112 cm³/mol. The summed E-state index contributed by atoms with van der Waals surface area (Å²) < 4.78 is 6.87. The van der Waals surface area contributed by atoms with E-state index < -0.39 is 0 Å². The van der Waals surface area contributed by atoms with Gasteiger partial charge in [0.25, 0.3) is 5.91 Å². The molecule has 0 N–H and O–H groups in total. The van der Waals surface area contributed by atoms with E-state index in [1.807, 2.05) is 53.9 Å². The van der Waals surface area contributed by atoms with Gasteiger partial charge in [0, 0.05) is 13.1 Å². The van der Waals surface area contributed by atoms with Gasteiger partial charge >= 0.3 is 5.97 Å². The molecule has 1 amide bonds. The third kappa shape index (κ3) is 4.10. The number of piperidine rings is 1. The van der Waals surface area contributed by atoms with Crippen LogP contribution in [0.15, 0.2) is 53.9 Å². The molecule has 1 aliphatic heterocycles. The summed E-state index contributed by atoms with van der Waals surface area (Å²) in [6.45, 7) is 3.16. The first-order valence-corrected chi connectivity index (χ1v) is 10.7. The average molecular weight is 410 g/mol. The fourth-order valence-corrected chi connectivity index (χ4v) is 4.30. The number of ether oxygens (including phenoxy) is 1. The highest BCUT2D eigenvalue weighted by molar-refractivity contribution is 7.13. The zero-order chi connectivity index (χ0) is 20.2. The van der Waals surface area contributed by atoms with Crippen LogP contribution in [0.1, 0.15) is 30.3 Å². The molecule has 4 rings (SSSR count). The number of benzene rings is 1. The van der Waals surface area contributed by atoms with Crippen molar-refractivity contribution in [2.75, 3.05) is 19.7 Å². The van der Waals surface area contributed by atoms with Gasteiger partial charge in [0.2, 0.25) is 0 Å². The Morgan fingerprint density at radius 3 is 2.76 bits per heavy atom. The molecule has 3 aromatic rings. The van der Waals surface area contributed by atoms with E-state index in [0.29, 0.717) is 25.4 Å². The Kier molecular flexibility index (Phi) is 5.76. The molecule has 7 heteroatoms. The van der Waals surface area contributed by atoms with E-state index in [1.165, 1.54) is 0 Å². The van der Waals surface area contributed by atoms with Crippen LogP contribution in [-0.2, 0) is 9.53 Å². The molecule has 0 saturated carbocycles. The van der Waals surface area contributed by atoms with Crippen molar-refractivity contribution in [2.45, 2.75) is 19.8 Å². The summed E-state index contributed by atoms with van der Waals surface area (Å²) in [5.41, 5.74) is 2.10. The molecule has 1 aliphatic rings. The molecule has 1 fully saturated rings. The number of carbonyl (C=O) groups is 2. The van der Waals surface area contributed by atoms with E-state index in [1.54, 1.807) is 27.8 Å². The lowest BCUT2D eigenvalue weighted by atomic mass is 9.98. The van der Waals surface area contributed by atoms with Crippen molar-refractivity contribution in [2.24, 2.45) is 5.92 Å². The zero-order valence-electron chi connectivity index (χ0n) is 16.3. The number of hydrogen-bond donors (Lipinski definition) is 0. The Hall–Kier alpha value is -2.93. The lowest BCUT2D eigenvalue weighted by Gasteiger charge is -2.31. The molecule has 150 valence electrons. The summed E-state index contributed by atoms with van der Waals surface area (Å²) in [6, 6.07) is 15.4. The monoisotopic (exact) mass is 409 g/mol. The summed E-state index contributed by atoms with van der Waals surface area (Å²) in [4.78, 5) is 28.4. The van der Waals surface area contributed by atoms with Gasteiger partial charge in [0.1, 0.15) is 11.4 Å². The van der Waals surface area contributed by atoms with Crippen LogP contribution >= 0.6 is 11.3 Å². The highest BCUT2D eigenvalue weighted by Gasteiger charge is 2.31. The summed E-state index contributed by atoms with van der Waals surface area (Å²) in [7, 11) is 0. The molecule has 0 unspecified atom stereocenters. The Labute approximate surface area is 173 Å². The first-order chi connectivity index (χ1) is 14.2. The van der Waals surface area contributed by atoms with Gasteiger partial charge in [-0.2, -0.15) is 5.10 Å². The van der Waals surface area contributed by atoms with Crippen LogP contribution in [0.5, 0.6) is 0 Å². The average Bonchev–Trinajstić information content (AvgIpc) is 3.44. The fourth-order valence-electron chi connectivity index (χ4n) is 3.62. The van der Waals surface area contributed by atoms with Crippen LogP contribution in [-0.4, -0.2) is 46.3 Å². The second kappa shape index (κ2) is 8.61. The van der Waals surface area contributed by atoms with E-state index in [-0.39, 0.29) is 17.8 Å². The van der Waals surface area contributed by atoms with Crippen LogP contribution < -0.4 is 0 Å². The Bertz CT molecular complexity index is 982. The highest BCUT2D eigenvalue weighted by atomic mass is 32.1. The summed E-state index contributed by atoms with van der Waals surface area (Å²) in [6.07, 6.45) is 1.54. The van der Waals surface area contributed by atoms with Crippen molar-refractivity contribution in [1.82, 2.24) is 14.7 Å². The van der Waals surface area contributed by atoms with Crippen molar-refractivity contribution >= 4 is 23.2 Å². The Balaban J connectivity index is 1.66. The van der Waals surface area contributed by atoms with Crippen molar-refractivity contribution in [3.63, 3.8) is 0 Å². The fraction of sp³-hybridized carbons (Fsp3) is 0.318. The van der Waals surface area contributed by atoms with Crippen LogP contribution in [0.25, 0.3) is 16.3 Å². The SMILES string of the molecule is CCOC(=O)[C@@H]1CCCN(C(=O)c2cc(-c3cccs3)nn2-c2ccccc2)C1. The third-order valence-electron chi connectivity index (χ3n) is 5.03. The number of thiophene rings is 1. The largest absolute Gasteiger partial charge is 0.466 e. The number of aromatic nitrogens is 2. The predicted octanol–water partition coefficient (Wildman–Crippen LogP) is 4.02. The second-order valence-electron chi connectivity index (χ2n) is 6.98. The number of rotatable bonds is 5.